The molecule has 0 amide bonds. The van der Waals surface area contributed by atoms with E-state index < -0.39 is 0 Å². The monoisotopic (exact) mass is 240 g/mol. The van der Waals surface area contributed by atoms with E-state index in [1.807, 2.05) is 0 Å². The van der Waals surface area contributed by atoms with E-state index in [9.17, 15) is 0 Å². The van der Waals surface area contributed by atoms with Crippen molar-refractivity contribution in [2.24, 2.45) is 11.1 Å². The van der Waals surface area contributed by atoms with E-state index in [1.165, 1.54) is 19.3 Å². The molecule has 0 spiro atoms. The molecule has 1 saturated heterocycles. The zero-order chi connectivity index (χ0) is 12.6. The van der Waals surface area contributed by atoms with Gasteiger partial charge in [0.05, 0.1) is 6.10 Å². The van der Waals surface area contributed by atoms with Crippen molar-refractivity contribution in [3.05, 3.63) is 0 Å². The maximum Gasteiger partial charge on any atom is 0.0703 e. The summed E-state index contributed by atoms with van der Waals surface area (Å²) in [5, 5.41) is 0. The third kappa shape index (κ3) is 2.51. The van der Waals surface area contributed by atoms with Crippen LogP contribution in [0.3, 0.4) is 0 Å². The topological polar surface area (TPSA) is 38.5 Å². The highest BCUT2D eigenvalue weighted by molar-refractivity contribution is 4.98. The molecular weight excluding hydrogens is 212 g/mol. The molecular formula is C14H28N2O. The molecule has 4 unspecified atom stereocenters. The Bertz CT molecular complexity index is 267. The SMILES string of the molecule is CC1OCCC1N(C)C1CCCC(C)(C)C1N. The lowest BCUT2D eigenvalue weighted by molar-refractivity contribution is 0.0261. The lowest BCUT2D eigenvalue weighted by Crippen LogP contribution is -2.58. The molecule has 4 atom stereocenters. The molecule has 2 aliphatic rings. The van der Waals surface area contributed by atoms with Crippen molar-refractivity contribution in [1.29, 1.82) is 0 Å². The second-order valence-corrected chi connectivity index (χ2v) is 6.57. The first-order chi connectivity index (χ1) is 7.93. The quantitative estimate of drug-likeness (QED) is 0.802. The van der Waals surface area contributed by atoms with Gasteiger partial charge < -0.3 is 10.5 Å². The van der Waals surface area contributed by atoms with E-state index in [-0.39, 0.29) is 11.5 Å². The normalized spacial score (nSPS) is 42.0. The zero-order valence-electron chi connectivity index (χ0n) is 11.8. The van der Waals surface area contributed by atoms with Gasteiger partial charge in [-0.3, -0.25) is 4.90 Å². The Labute approximate surface area is 106 Å². The first-order valence-electron chi connectivity index (χ1n) is 7.02. The molecule has 2 rings (SSSR count). The molecule has 0 bridgehead atoms. The molecule has 1 aliphatic heterocycles. The van der Waals surface area contributed by atoms with Crippen LogP contribution >= 0.6 is 0 Å². The smallest absolute Gasteiger partial charge is 0.0703 e. The van der Waals surface area contributed by atoms with Crippen LogP contribution in [0.2, 0.25) is 0 Å². The van der Waals surface area contributed by atoms with E-state index >= 15 is 0 Å². The van der Waals surface area contributed by atoms with Gasteiger partial charge in [0.15, 0.2) is 0 Å². The van der Waals surface area contributed by atoms with Gasteiger partial charge in [0, 0.05) is 24.7 Å². The van der Waals surface area contributed by atoms with Gasteiger partial charge in [-0.15, -0.1) is 0 Å². The number of hydrogen-bond acceptors (Lipinski definition) is 3. The van der Waals surface area contributed by atoms with E-state index in [2.05, 4.69) is 32.7 Å². The predicted molar refractivity (Wildman–Crippen MR) is 71.0 cm³/mol. The van der Waals surface area contributed by atoms with Crippen LogP contribution in [0.25, 0.3) is 0 Å². The Kier molecular flexibility index (Phi) is 3.81. The van der Waals surface area contributed by atoms with Crippen molar-refractivity contribution in [1.82, 2.24) is 4.90 Å². The van der Waals surface area contributed by atoms with Crippen molar-refractivity contribution >= 4 is 0 Å². The summed E-state index contributed by atoms with van der Waals surface area (Å²) in [7, 11) is 2.24. The number of nitrogens with zero attached hydrogens (tertiary/aromatic N) is 1. The molecule has 2 N–H and O–H groups in total. The van der Waals surface area contributed by atoms with Crippen LogP contribution < -0.4 is 5.73 Å². The first-order valence-corrected chi connectivity index (χ1v) is 7.02. The summed E-state index contributed by atoms with van der Waals surface area (Å²) >= 11 is 0. The number of likely N-dealkylation sites (N-methyl/N-ethyl adjacent to an activating group) is 1. The Morgan fingerprint density at radius 1 is 1.24 bits per heavy atom. The van der Waals surface area contributed by atoms with E-state index in [1.54, 1.807) is 0 Å². The van der Waals surface area contributed by atoms with Crippen molar-refractivity contribution in [2.45, 2.75) is 70.7 Å². The molecule has 0 aromatic heterocycles. The highest BCUT2D eigenvalue weighted by Gasteiger charge is 2.41. The number of hydrogen-bond donors (Lipinski definition) is 1. The predicted octanol–water partition coefficient (Wildman–Crippen LogP) is 2.00. The Morgan fingerprint density at radius 3 is 2.53 bits per heavy atom. The van der Waals surface area contributed by atoms with Crippen LogP contribution in [0.1, 0.15) is 46.5 Å². The summed E-state index contributed by atoms with van der Waals surface area (Å²) in [6.45, 7) is 7.72. The number of ether oxygens (including phenoxy) is 1. The summed E-state index contributed by atoms with van der Waals surface area (Å²) in [4.78, 5) is 2.50. The number of rotatable bonds is 2. The van der Waals surface area contributed by atoms with Gasteiger partial charge in [-0.05, 0) is 38.6 Å². The van der Waals surface area contributed by atoms with Crippen LogP contribution in [0, 0.1) is 5.41 Å². The molecule has 0 radical (unpaired) electrons. The summed E-state index contributed by atoms with van der Waals surface area (Å²) in [5.74, 6) is 0. The molecule has 1 heterocycles. The second kappa shape index (κ2) is 4.87. The molecule has 100 valence electrons. The minimum Gasteiger partial charge on any atom is -0.377 e. The Morgan fingerprint density at radius 2 is 1.94 bits per heavy atom. The second-order valence-electron chi connectivity index (χ2n) is 6.57. The number of nitrogens with two attached hydrogens (primary N) is 1. The molecule has 3 heteroatoms. The molecule has 0 aromatic carbocycles. The average molecular weight is 240 g/mol. The van der Waals surface area contributed by atoms with Crippen LogP contribution in [0.5, 0.6) is 0 Å². The summed E-state index contributed by atoms with van der Waals surface area (Å²) in [5.41, 5.74) is 6.77. The maximum absolute atomic E-state index is 6.49. The lowest BCUT2D eigenvalue weighted by Gasteiger charge is -2.47. The molecule has 3 nitrogen and oxygen atoms in total. The highest BCUT2D eigenvalue weighted by Crippen LogP contribution is 2.37. The molecule has 1 saturated carbocycles. The average Bonchev–Trinajstić information content (AvgIpc) is 2.68. The molecule has 2 fully saturated rings. The Balaban J connectivity index is 2.05. The van der Waals surface area contributed by atoms with E-state index in [0.29, 0.717) is 18.2 Å². The summed E-state index contributed by atoms with van der Waals surface area (Å²) < 4.78 is 5.68. The zero-order valence-corrected chi connectivity index (χ0v) is 11.8. The largest absolute Gasteiger partial charge is 0.377 e. The third-order valence-electron chi connectivity index (χ3n) is 5.02. The van der Waals surface area contributed by atoms with E-state index in [4.69, 9.17) is 10.5 Å². The van der Waals surface area contributed by atoms with Gasteiger partial charge >= 0.3 is 0 Å². The third-order valence-corrected chi connectivity index (χ3v) is 5.02. The van der Waals surface area contributed by atoms with Gasteiger partial charge in [0.25, 0.3) is 0 Å². The minimum atomic E-state index is 0.278. The molecule has 1 aliphatic carbocycles. The van der Waals surface area contributed by atoms with Crippen LogP contribution in [0.15, 0.2) is 0 Å². The van der Waals surface area contributed by atoms with Gasteiger partial charge in [-0.25, -0.2) is 0 Å². The van der Waals surface area contributed by atoms with Gasteiger partial charge in [0.1, 0.15) is 0 Å². The van der Waals surface area contributed by atoms with Crippen molar-refractivity contribution in [3.8, 4) is 0 Å². The van der Waals surface area contributed by atoms with Gasteiger partial charge in [0.2, 0.25) is 0 Å². The summed E-state index contributed by atoms with van der Waals surface area (Å²) in [6, 6.07) is 1.36. The van der Waals surface area contributed by atoms with Crippen molar-refractivity contribution in [3.63, 3.8) is 0 Å². The molecule has 17 heavy (non-hydrogen) atoms. The maximum atomic E-state index is 6.49. The summed E-state index contributed by atoms with van der Waals surface area (Å²) in [6.07, 6.45) is 5.32. The van der Waals surface area contributed by atoms with Crippen molar-refractivity contribution in [2.75, 3.05) is 13.7 Å². The van der Waals surface area contributed by atoms with Gasteiger partial charge in [-0.2, -0.15) is 0 Å². The standard InChI is InChI=1S/C14H28N2O/c1-10-11(7-9-17-10)16(4)12-6-5-8-14(2,3)13(12)15/h10-13H,5-9,15H2,1-4H3. The highest BCUT2D eigenvalue weighted by atomic mass is 16.5. The fourth-order valence-electron chi connectivity index (χ4n) is 3.59. The van der Waals surface area contributed by atoms with Crippen LogP contribution in [0.4, 0.5) is 0 Å². The first kappa shape index (κ1) is 13.3. The van der Waals surface area contributed by atoms with Crippen molar-refractivity contribution < 1.29 is 4.74 Å². The molecule has 0 aromatic rings. The fraction of sp³-hybridized carbons (Fsp3) is 1.00. The van der Waals surface area contributed by atoms with Crippen LogP contribution in [-0.2, 0) is 4.74 Å². The Hall–Kier alpha value is -0.120. The van der Waals surface area contributed by atoms with Gasteiger partial charge in [-0.1, -0.05) is 20.3 Å². The lowest BCUT2D eigenvalue weighted by atomic mass is 9.70. The van der Waals surface area contributed by atoms with E-state index in [0.717, 1.165) is 13.0 Å². The fourth-order valence-corrected chi connectivity index (χ4v) is 3.59. The van der Waals surface area contributed by atoms with Crippen LogP contribution in [-0.4, -0.2) is 42.8 Å². The minimum absolute atomic E-state index is 0.278.